The van der Waals surface area contributed by atoms with Crippen LogP contribution in [0.15, 0.2) is 40.1 Å². The summed E-state index contributed by atoms with van der Waals surface area (Å²) in [6.07, 6.45) is 2.55. The lowest BCUT2D eigenvalue weighted by atomic mass is 10.0. The van der Waals surface area contributed by atoms with Gasteiger partial charge >= 0.3 is 6.09 Å². The van der Waals surface area contributed by atoms with E-state index in [1.54, 1.807) is 24.4 Å². The normalized spacial score (nSPS) is 16.5. The molecule has 0 radical (unpaired) electrons. The summed E-state index contributed by atoms with van der Waals surface area (Å²) in [6.45, 7) is 1.87. The lowest BCUT2D eigenvalue weighted by Gasteiger charge is -2.33. The second kappa shape index (κ2) is 7.66. The lowest BCUT2D eigenvalue weighted by Crippen LogP contribution is -2.48. The summed E-state index contributed by atoms with van der Waals surface area (Å²) in [6, 6.07) is 6.66. The number of H-pyrrole nitrogens is 1. The molecule has 4 aromatic rings. The summed E-state index contributed by atoms with van der Waals surface area (Å²) in [4.78, 5) is 44.8. The Hall–Kier alpha value is -3.73. The monoisotopic (exact) mass is 481 g/mol. The number of carboxylic acid groups (broad SMARTS) is 1. The molecule has 9 nitrogen and oxygen atoms in total. The Bertz CT molecular complexity index is 1560. The van der Waals surface area contributed by atoms with Gasteiger partial charge in [-0.05, 0) is 48.6 Å². The SMILES string of the molecule is O=C(O)N1CCN(c2ccc(-c3cc4c(cc3F)c(=O)c3c(=O)[nH]sc3n4C3CC3)cn2)CC1. The molecule has 1 amide bonds. The van der Waals surface area contributed by atoms with Gasteiger partial charge in [-0.15, -0.1) is 0 Å². The number of aromatic nitrogens is 3. The molecule has 2 N–H and O–H groups in total. The summed E-state index contributed by atoms with van der Waals surface area (Å²) in [7, 11) is 0. The van der Waals surface area contributed by atoms with E-state index < -0.39 is 22.9 Å². The van der Waals surface area contributed by atoms with Crippen LogP contribution < -0.4 is 15.9 Å². The number of fused-ring (bicyclic) bond motifs is 2. The summed E-state index contributed by atoms with van der Waals surface area (Å²) >= 11 is 1.14. The highest BCUT2D eigenvalue weighted by molar-refractivity contribution is 7.12. The number of rotatable bonds is 3. The molecule has 1 aliphatic heterocycles. The second-order valence-electron chi connectivity index (χ2n) is 8.65. The number of halogens is 1. The number of aromatic amines is 1. The Kier molecular flexibility index (Phi) is 4.70. The van der Waals surface area contributed by atoms with Gasteiger partial charge in [-0.1, -0.05) is 0 Å². The number of amides is 1. The van der Waals surface area contributed by atoms with Gasteiger partial charge in [-0.2, -0.15) is 0 Å². The number of hydrogen-bond acceptors (Lipinski definition) is 6. The number of hydrogen-bond donors (Lipinski definition) is 2. The number of pyridine rings is 2. The fourth-order valence-electron chi connectivity index (χ4n) is 4.63. The molecule has 2 aliphatic rings. The smallest absolute Gasteiger partial charge is 0.407 e. The molecule has 1 aromatic carbocycles. The maximum atomic E-state index is 15.2. The molecule has 34 heavy (non-hydrogen) atoms. The maximum absolute atomic E-state index is 15.2. The van der Waals surface area contributed by atoms with Crippen molar-refractivity contribution in [2.24, 2.45) is 0 Å². The van der Waals surface area contributed by atoms with Crippen LogP contribution in [-0.4, -0.2) is 56.2 Å². The van der Waals surface area contributed by atoms with Gasteiger partial charge in [0, 0.05) is 54.9 Å². The number of anilines is 1. The van der Waals surface area contributed by atoms with Crippen molar-refractivity contribution in [2.75, 3.05) is 31.1 Å². The average Bonchev–Trinajstić information content (AvgIpc) is 3.61. The molecule has 174 valence electrons. The minimum absolute atomic E-state index is 0.0885. The third kappa shape index (κ3) is 3.26. The molecule has 0 atom stereocenters. The molecule has 2 fully saturated rings. The van der Waals surface area contributed by atoms with E-state index in [0.29, 0.717) is 53.5 Å². The van der Waals surface area contributed by atoms with Crippen molar-refractivity contribution in [3.8, 4) is 11.1 Å². The number of benzene rings is 1. The van der Waals surface area contributed by atoms with E-state index in [1.165, 1.54) is 11.0 Å². The number of carbonyl (C=O) groups is 1. The highest BCUT2D eigenvalue weighted by Crippen LogP contribution is 2.40. The second-order valence-corrected chi connectivity index (χ2v) is 9.45. The minimum Gasteiger partial charge on any atom is -0.465 e. The third-order valence-electron chi connectivity index (χ3n) is 6.56. The number of piperazine rings is 1. The first-order valence-electron chi connectivity index (χ1n) is 11.0. The van der Waals surface area contributed by atoms with Gasteiger partial charge in [0.15, 0.2) is 0 Å². The zero-order valence-electron chi connectivity index (χ0n) is 18.0. The van der Waals surface area contributed by atoms with Gasteiger partial charge in [-0.3, -0.25) is 14.0 Å². The van der Waals surface area contributed by atoms with Crippen LogP contribution in [0.3, 0.4) is 0 Å². The molecule has 1 aliphatic carbocycles. The van der Waals surface area contributed by atoms with Crippen LogP contribution in [0.2, 0.25) is 0 Å². The Labute approximate surface area is 195 Å². The van der Waals surface area contributed by atoms with Gasteiger partial charge in [0.25, 0.3) is 5.56 Å². The van der Waals surface area contributed by atoms with E-state index in [0.717, 1.165) is 24.4 Å². The van der Waals surface area contributed by atoms with Crippen molar-refractivity contribution in [1.82, 2.24) is 18.8 Å². The van der Waals surface area contributed by atoms with E-state index in [2.05, 4.69) is 9.36 Å². The first-order valence-corrected chi connectivity index (χ1v) is 11.8. The zero-order valence-corrected chi connectivity index (χ0v) is 18.8. The van der Waals surface area contributed by atoms with Gasteiger partial charge in [-0.25, -0.2) is 14.2 Å². The topological polar surface area (TPSA) is 112 Å². The standard InChI is InChI=1S/C23H20FN5O4S/c24-16-9-15-17(29(13-2-3-13)22-19(20(15)30)21(31)26-34-22)10-14(16)12-1-4-18(25-11-12)27-5-7-28(8-6-27)23(32)33/h1,4,9-11,13H,2-3,5-8H2,(H,26,31)(H,32,33). The van der Waals surface area contributed by atoms with Gasteiger partial charge < -0.3 is 19.5 Å². The average molecular weight is 482 g/mol. The van der Waals surface area contributed by atoms with Gasteiger partial charge in [0.1, 0.15) is 21.9 Å². The molecule has 1 saturated carbocycles. The predicted molar refractivity (Wildman–Crippen MR) is 127 cm³/mol. The van der Waals surface area contributed by atoms with Crippen LogP contribution in [0, 0.1) is 5.82 Å². The van der Waals surface area contributed by atoms with E-state index in [-0.39, 0.29) is 16.8 Å². The number of nitrogens with one attached hydrogen (secondary N) is 1. The Morgan fingerprint density at radius 3 is 2.56 bits per heavy atom. The largest absolute Gasteiger partial charge is 0.465 e. The molecule has 0 bridgehead atoms. The lowest BCUT2D eigenvalue weighted by molar-refractivity contribution is 0.142. The van der Waals surface area contributed by atoms with E-state index >= 15 is 4.39 Å². The van der Waals surface area contributed by atoms with E-state index in [1.807, 2.05) is 9.47 Å². The Morgan fingerprint density at radius 1 is 1.15 bits per heavy atom. The van der Waals surface area contributed by atoms with Crippen LogP contribution in [-0.2, 0) is 0 Å². The summed E-state index contributed by atoms with van der Waals surface area (Å²) < 4.78 is 19.8. The fourth-order valence-corrected chi connectivity index (χ4v) is 5.55. The summed E-state index contributed by atoms with van der Waals surface area (Å²) in [5, 5.41) is 9.40. The molecular formula is C23H20FN5O4S. The van der Waals surface area contributed by atoms with Crippen molar-refractivity contribution in [1.29, 1.82) is 0 Å². The predicted octanol–water partition coefficient (Wildman–Crippen LogP) is 3.24. The first-order chi connectivity index (χ1) is 16.4. The van der Waals surface area contributed by atoms with E-state index in [9.17, 15) is 14.4 Å². The van der Waals surface area contributed by atoms with E-state index in [4.69, 9.17) is 5.11 Å². The van der Waals surface area contributed by atoms with Crippen molar-refractivity contribution in [3.05, 3.63) is 56.9 Å². The molecule has 0 spiro atoms. The highest BCUT2D eigenvalue weighted by atomic mass is 32.1. The Balaban J connectivity index is 1.41. The molecule has 4 heterocycles. The summed E-state index contributed by atoms with van der Waals surface area (Å²) in [5.74, 6) is 0.145. The maximum Gasteiger partial charge on any atom is 0.407 e. The van der Waals surface area contributed by atoms with Crippen molar-refractivity contribution in [3.63, 3.8) is 0 Å². The van der Waals surface area contributed by atoms with Crippen molar-refractivity contribution in [2.45, 2.75) is 18.9 Å². The molecular weight excluding hydrogens is 461 g/mol. The minimum atomic E-state index is -0.927. The quantitative estimate of drug-likeness (QED) is 0.465. The third-order valence-corrected chi connectivity index (χ3v) is 7.44. The summed E-state index contributed by atoms with van der Waals surface area (Å²) in [5.41, 5.74) is 0.627. The van der Waals surface area contributed by atoms with Crippen LogP contribution in [0.5, 0.6) is 0 Å². The fraction of sp³-hybridized carbons (Fsp3) is 0.304. The van der Waals surface area contributed by atoms with Crippen LogP contribution >= 0.6 is 11.5 Å². The molecule has 11 heteroatoms. The van der Waals surface area contributed by atoms with Gasteiger partial charge in [0.2, 0.25) is 5.43 Å². The first kappa shape index (κ1) is 20.8. The van der Waals surface area contributed by atoms with Gasteiger partial charge in [0.05, 0.1) is 5.52 Å². The molecule has 0 unspecified atom stereocenters. The zero-order chi connectivity index (χ0) is 23.6. The van der Waals surface area contributed by atoms with Crippen LogP contribution in [0.1, 0.15) is 18.9 Å². The van der Waals surface area contributed by atoms with Crippen molar-refractivity contribution >= 4 is 44.6 Å². The van der Waals surface area contributed by atoms with Crippen LogP contribution in [0.4, 0.5) is 15.0 Å². The van der Waals surface area contributed by atoms with Crippen molar-refractivity contribution < 1.29 is 14.3 Å². The highest BCUT2D eigenvalue weighted by Gasteiger charge is 2.29. The molecule has 6 rings (SSSR count). The molecule has 1 saturated heterocycles. The number of nitrogens with zero attached hydrogens (tertiary/aromatic N) is 4. The molecule has 3 aromatic heterocycles. The van der Waals surface area contributed by atoms with Crippen LogP contribution in [0.25, 0.3) is 32.2 Å². The Morgan fingerprint density at radius 2 is 1.91 bits per heavy atom.